The van der Waals surface area contributed by atoms with Crippen LogP contribution >= 0.6 is 12.4 Å². The zero-order valence-corrected chi connectivity index (χ0v) is 8.50. The molecule has 0 radical (unpaired) electrons. The van der Waals surface area contributed by atoms with Gasteiger partial charge in [0.05, 0.1) is 6.42 Å². The molecule has 0 bridgehead atoms. The van der Waals surface area contributed by atoms with Crippen LogP contribution in [0.1, 0.15) is 18.0 Å². The predicted octanol–water partition coefficient (Wildman–Crippen LogP) is 1.43. The Bertz CT molecular complexity index is 359. The molecule has 4 N–H and O–H groups in total. The Balaban J connectivity index is 0.00000196. The van der Waals surface area contributed by atoms with E-state index in [1.807, 2.05) is 0 Å². The molecule has 0 fully saturated rings. The van der Waals surface area contributed by atoms with Crippen LogP contribution in [0.4, 0.5) is 4.39 Å². The van der Waals surface area contributed by atoms with Crippen molar-refractivity contribution in [2.24, 2.45) is 5.73 Å². The minimum Gasteiger partial charge on any atom is -0.508 e. The van der Waals surface area contributed by atoms with Gasteiger partial charge in [-0.2, -0.15) is 0 Å². The highest BCUT2D eigenvalue weighted by atomic mass is 35.5. The fourth-order valence-electron chi connectivity index (χ4n) is 1.12. The fourth-order valence-corrected chi connectivity index (χ4v) is 1.12. The molecule has 0 spiro atoms. The molecule has 0 heterocycles. The summed E-state index contributed by atoms with van der Waals surface area (Å²) in [5.41, 5.74) is 5.56. The highest BCUT2D eigenvalue weighted by molar-refractivity contribution is 5.85. The van der Waals surface area contributed by atoms with Crippen LogP contribution in [0.2, 0.25) is 0 Å². The van der Waals surface area contributed by atoms with Crippen molar-refractivity contribution in [3.8, 4) is 5.75 Å². The number of benzene rings is 1. The van der Waals surface area contributed by atoms with Gasteiger partial charge in [-0.05, 0) is 18.2 Å². The first-order valence-corrected chi connectivity index (χ1v) is 3.96. The molecule has 0 unspecified atom stereocenters. The smallest absolute Gasteiger partial charge is 0.305 e. The Morgan fingerprint density at radius 2 is 2.13 bits per heavy atom. The second kappa shape index (κ2) is 5.53. The van der Waals surface area contributed by atoms with E-state index in [1.54, 1.807) is 0 Å². The zero-order chi connectivity index (χ0) is 10.7. The van der Waals surface area contributed by atoms with E-state index in [0.29, 0.717) is 0 Å². The van der Waals surface area contributed by atoms with Crippen molar-refractivity contribution < 1.29 is 19.4 Å². The molecule has 0 aliphatic rings. The summed E-state index contributed by atoms with van der Waals surface area (Å²) < 4.78 is 12.7. The minimum absolute atomic E-state index is 0. The monoisotopic (exact) mass is 235 g/mol. The number of nitrogens with two attached hydrogens (primary N) is 1. The Labute approximate surface area is 91.9 Å². The molecule has 6 heteroatoms. The number of halogens is 2. The number of aromatic hydroxyl groups is 1. The maximum Gasteiger partial charge on any atom is 0.305 e. The van der Waals surface area contributed by atoms with Crippen molar-refractivity contribution in [3.63, 3.8) is 0 Å². The van der Waals surface area contributed by atoms with E-state index in [2.05, 4.69) is 0 Å². The van der Waals surface area contributed by atoms with Gasteiger partial charge in [0.1, 0.15) is 11.6 Å². The summed E-state index contributed by atoms with van der Waals surface area (Å²) in [6, 6.07) is 2.35. The van der Waals surface area contributed by atoms with Gasteiger partial charge in [-0.3, -0.25) is 4.79 Å². The lowest BCUT2D eigenvalue weighted by Crippen LogP contribution is -2.15. The second-order valence-corrected chi connectivity index (χ2v) is 2.91. The van der Waals surface area contributed by atoms with Crippen LogP contribution in [0.25, 0.3) is 0 Å². The number of carbonyl (C=O) groups is 1. The van der Waals surface area contributed by atoms with Crippen LogP contribution in [-0.2, 0) is 4.79 Å². The van der Waals surface area contributed by atoms with Crippen molar-refractivity contribution in [2.75, 3.05) is 0 Å². The largest absolute Gasteiger partial charge is 0.508 e. The molecule has 15 heavy (non-hydrogen) atoms. The van der Waals surface area contributed by atoms with E-state index in [9.17, 15) is 14.3 Å². The molecule has 84 valence electrons. The molecule has 0 aliphatic carbocycles. The first-order valence-electron chi connectivity index (χ1n) is 3.96. The Morgan fingerprint density at radius 3 is 2.67 bits per heavy atom. The van der Waals surface area contributed by atoms with Gasteiger partial charge >= 0.3 is 5.97 Å². The number of rotatable bonds is 3. The molecule has 0 saturated heterocycles. The third-order valence-electron chi connectivity index (χ3n) is 1.78. The highest BCUT2D eigenvalue weighted by Crippen LogP contribution is 2.25. The molecule has 0 aliphatic heterocycles. The quantitative estimate of drug-likeness (QED) is 0.740. The maximum atomic E-state index is 12.7. The third-order valence-corrected chi connectivity index (χ3v) is 1.78. The van der Waals surface area contributed by atoms with Crippen LogP contribution in [0.15, 0.2) is 18.2 Å². The fraction of sp³-hybridized carbons (Fsp3) is 0.222. The summed E-state index contributed by atoms with van der Waals surface area (Å²) in [5.74, 6) is -1.85. The van der Waals surface area contributed by atoms with Gasteiger partial charge < -0.3 is 15.9 Å². The Kier molecular flexibility index (Phi) is 5.04. The van der Waals surface area contributed by atoms with E-state index in [-0.39, 0.29) is 30.1 Å². The average Bonchev–Trinajstić information content (AvgIpc) is 2.08. The lowest BCUT2D eigenvalue weighted by Gasteiger charge is -2.10. The molecule has 0 amide bonds. The number of carboxylic acids is 1. The van der Waals surface area contributed by atoms with Crippen molar-refractivity contribution in [1.82, 2.24) is 0 Å². The standard InChI is InChI=1S/C9H10FNO3.ClH/c10-5-1-2-8(12)6(3-5)7(11)4-9(13)14;/h1-3,7,12H,4,11H2,(H,13,14);1H/t7-;/m0./s1. The summed E-state index contributed by atoms with van der Waals surface area (Å²) >= 11 is 0. The van der Waals surface area contributed by atoms with Gasteiger partial charge in [0.25, 0.3) is 0 Å². The van der Waals surface area contributed by atoms with E-state index >= 15 is 0 Å². The topological polar surface area (TPSA) is 83.6 Å². The average molecular weight is 236 g/mol. The van der Waals surface area contributed by atoms with Crippen molar-refractivity contribution >= 4 is 18.4 Å². The van der Waals surface area contributed by atoms with Crippen molar-refractivity contribution in [2.45, 2.75) is 12.5 Å². The molecule has 4 nitrogen and oxygen atoms in total. The summed E-state index contributed by atoms with van der Waals surface area (Å²) in [6.07, 6.45) is -0.350. The normalized spacial score (nSPS) is 11.6. The lowest BCUT2D eigenvalue weighted by atomic mass is 10.0. The second-order valence-electron chi connectivity index (χ2n) is 2.91. The molecule has 1 atom stereocenters. The number of hydrogen-bond donors (Lipinski definition) is 3. The molecule has 0 aromatic heterocycles. The lowest BCUT2D eigenvalue weighted by molar-refractivity contribution is -0.137. The molecule has 0 saturated carbocycles. The number of hydrogen-bond acceptors (Lipinski definition) is 3. The van der Waals surface area contributed by atoms with Gasteiger partial charge in [-0.15, -0.1) is 12.4 Å². The SMILES string of the molecule is Cl.N[C@@H](CC(=O)O)c1cc(F)ccc1O. The van der Waals surface area contributed by atoms with E-state index in [0.717, 1.165) is 18.2 Å². The maximum absolute atomic E-state index is 12.7. The summed E-state index contributed by atoms with van der Waals surface area (Å²) in [4.78, 5) is 10.3. The van der Waals surface area contributed by atoms with Gasteiger partial charge in [0, 0.05) is 11.6 Å². The summed E-state index contributed by atoms with van der Waals surface area (Å²) in [5, 5.41) is 17.7. The number of phenolic OH excluding ortho intramolecular Hbond substituents is 1. The molecular weight excluding hydrogens is 225 g/mol. The Hall–Kier alpha value is -1.33. The first-order chi connectivity index (χ1) is 6.50. The first kappa shape index (κ1) is 13.7. The molecule has 1 aromatic carbocycles. The minimum atomic E-state index is -1.10. The van der Waals surface area contributed by atoms with Crippen molar-refractivity contribution in [3.05, 3.63) is 29.6 Å². The van der Waals surface area contributed by atoms with Gasteiger partial charge in [-0.1, -0.05) is 0 Å². The van der Waals surface area contributed by atoms with Crippen LogP contribution < -0.4 is 5.73 Å². The van der Waals surface area contributed by atoms with Gasteiger partial charge in [0.2, 0.25) is 0 Å². The molecular formula is C9H11ClFNO3. The highest BCUT2D eigenvalue weighted by Gasteiger charge is 2.14. The van der Waals surface area contributed by atoms with Crippen LogP contribution in [0.3, 0.4) is 0 Å². The number of carboxylic acid groups (broad SMARTS) is 1. The van der Waals surface area contributed by atoms with E-state index in [1.165, 1.54) is 0 Å². The van der Waals surface area contributed by atoms with Crippen LogP contribution in [0.5, 0.6) is 5.75 Å². The van der Waals surface area contributed by atoms with Gasteiger partial charge in [0.15, 0.2) is 0 Å². The third kappa shape index (κ3) is 3.73. The van der Waals surface area contributed by atoms with Crippen LogP contribution in [0, 0.1) is 5.82 Å². The van der Waals surface area contributed by atoms with E-state index < -0.39 is 17.8 Å². The summed E-state index contributed by atoms with van der Waals surface area (Å²) in [6.45, 7) is 0. The predicted molar refractivity (Wildman–Crippen MR) is 54.5 cm³/mol. The van der Waals surface area contributed by atoms with Crippen LogP contribution in [-0.4, -0.2) is 16.2 Å². The molecule has 1 aromatic rings. The van der Waals surface area contributed by atoms with Crippen molar-refractivity contribution in [1.29, 1.82) is 0 Å². The van der Waals surface area contributed by atoms with E-state index in [4.69, 9.17) is 10.8 Å². The van der Waals surface area contributed by atoms with Gasteiger partial charge in [-0.25, -0.2) is 4.39 Å². The molecule has 1 rings (SSSR count). The number of aliphatic carboxylic acids is 1. The number of phenols is 1. The zero-order valence-electron chi connectivity index (χ0n) is 7.68. The summed E-state index contributed by atoms with van der Waals surface area (Å²) in [7, 11) is 0. The Morgan fingerprint density at radius 1 is 1.53 bits per heavy atom.